The van der Waals surface area contributed by atoms with E-state index in [0.717, 1.165) is 26.2 Å². The van der Waals surface area contributed by atoms with E-state index in [0.29, 0.717) is 12.5 Å². The van der Waals surface area contributed by atoms with E-state index in [2.05, 4.69) is 21.1 Å². The second kappa shape index (κ2) is 8.05. The number of hydrazine groups is 1. The van der Waals surface area contributed by atoms with Gasteiger partial charge in [-0.1, -0.05) is 6.92 Å². The normalized spacial score (nSPS) is 19.6. The number of nitrogens with zero attached hydrogens (tertiary/aromatic N) is 1. The number of likely N-dealkylation sites (N-methyl/N-ethyl adjacent to an activating group) is 1. The maximum atomic E-state index is 11.6. The molecule has 1 rings (SSSR count). The summed E-state index contributed by atoms with van der Waals surface area (Å²) in [5, 5.41) is 3.37. The zero-order valence-corrected chi connectivity index (χ0v) is 11.3. The fourth-order valence-corrected chi connectivity index (χ4v) is 2.15. The van der Waals surface area contributed by atoms with Gasteiger partial charge in [-0.2, -0.15) is 0 Å². The molecule has 0 aromatic heterocycles. The first-order valence-electron chi connectivity index (χ1n) is 6.60. The molecule has 0 aromatic carbocycles. The molecular weight excluding hydrogens is 232 g/mol. The largest absolute Gasteiger partial charge is 0.316 e. The molecule has 1 aliphatic rings. The van der Waals surface area contributed by atoms with Crippen LogP contribution in [-0.4, -0.2) is 49.4 Å². The Morgan fingerprint density at radius 3 is 2.72 bits per heavy atom. The van der Waals surface area contributed by atoms with Crippen molar-refractivity contribution in [3.8, 4) is 0 Å². The Hall–Kier alpha value is -1.14. The quantitative estimate of drug-likeness (QED) is 0.579. The molecule has 1 heterocycles. The van der Waals surface area contributed by atoms with Crippen LogP contribution < -0.4 is 16.2 Å². The summed E-state index contributed by atoms with van der Waals surface area (Å²) in [7, 11) is 0. The highest BCUT2D eigenvalue weighted by atomic mass is 16.2. The highest BCUT2D eigenvalue weighted by Crippen LogP contribution is 2.11. The zero-order chi connectivity index (χ0) is 13.4. The van der Waals surface area contributed by atoms with Crippen LogP contribution >= 0.6 is 0 Å². The van der Waals surface area contributed by atoms with Crippen molar-refractivity contribution in [3.05, 3.63) is 0 Å². The van der Waals surface area contributed by atoms with Gasteiger partial charge in [-0.15, -0.1) is 0 Å². The van der Waals surface area contributed by atoms with Crippen molar-refractivity contribution >= 4 is 11.8 Å². The third-order valence-electron chi connectivity index (χ3n) is 3.11. The zero-order valence-electron chi connectivity index (χ0n) is 11.3. The molecule has 1 saturated heterocycles. The molecule has 0 aliphatic carbocycles. The first-order valence-corrected chi connectivity index (χ1v) is 6.60. The van der Waals surface area contributed by atoms with Crippen LogP contribution in [0.15, 0.2) is 0 Å². The third kappa shape index (κ3) is 5.97. The number of hydrogen-bond donors (Lipinski definition) is 3. The molecule has 6 nitrogen and oxygen atoms in total. The summed E-state index contributed by atoms with van der Waals surface area (Å²) >= 11 is 0. The average molecular weight is 256 g/mol. The van der Waals surface area contributed by atoms with Gasteiger partial charge < -0.3 is 5.32 Å². The van der Waals surface area contributed by atoms with Gasteiger partial charge in [-0.05, 0) is 38.4 Å². The van der Waals surface area contributed by atoms with Gasteiger partial charge >= 0.3 is 0 Å². The van der Waals surface area contributed by atoms with Gasteiger partial charge in [0.05, 0.1) is 6.54 Å². The van der Waals surface area contributed by atoms with E-state index in [1.54, 1.807) is 0 Å². The number of rotatable bonds is 5. The minimum absolute atomic E-state index is 0.171. The molecule has 1 atom stereocenters. The Bertz CT molecular complexity index is 277. The van der Waals surface area contributed by atoms with Gasteiger partial charge in [-0.3, -0.25) is 25.3 Å². The van der Waals surface area contributed by atoms with Crippen LogP contribution in [0.2, 0.25) is 0 Å². The molecule has 104 valence electrons. The number of amides is 2. The van der Waals surface area contributed by atoms with E-state index >= 15 is 0 Å². The van der Waals surface area contributed by atoms with Gasteiger partial charge in [0.2, 0.25) is 5.91 Å². The van der Waals surface area contributed by atoms with Crippen LogP contribution in [0, 0.1) is 5.92 Å². The fraction of sp³-hybridized carbons (Fsp3) is 0.833. The average Bonchev–Trinajstić information content (AvgIpc) is 2.37. The van der Waals surface area contributed by atoms with Gasteiger partial charge in [0.1, 0.15) is 0 Å². The number of nitrogens with one attached hydrogen (secondary N) is 3. The smallest absolute Gasteiger partial charge is 0.252 e. The molecule has 2 amide bonds. The number of carbonyl (C=O) groups is 2. The molecule has 6 heteroatoms. The van der Waals surface area contributed by atoms with Crippen molar-refractivity contribution in [1.82, 2.24) is 21.1 Å². The molecule has 0 bridgehead atoms. The summed E-state index contributed by atoms with van der Waals surface area (Å²) in [6.45, 7) is 7.64. The highest BCUT2D eigenvalue weighted by Gasteiger charge is 2.17. The molecule has 1 fully saturated rings. The van der Waals surface area contributed by atoms with E-state index in [1.165, 1.54) is 19.8 Å². The first-order chi connectivity index (χ1) is 8.61. The van der Waals surface area contributed by atoms with Crippen LogP contribution in [-0.2, 0) is 9.59 Å². The van der Waals surface area contributed by atoms with Crippen LogP contribution in [0.3, 0.4) is 0 Å². The van der Waals surface area contributed by atoms with Crippen molar-refractivity contribution in [2.24, 2.45) is 5.92 Å². The lowest BCUT2D eigenvalue weighted by Crippen LogP contribution is -2.47. The van der Waals surface area contributed by atoms with Crippen molar-refractivity contribution in [2.45, 2.75) is 26.7 Å². The van der Waals surface area contributed by atoms with E-state index < -0.39 is 0 Å². The molecule has 0 saturated carbocycles. The summed E-state index contributed by atoms with van der Waals surface area (Å²) < 4.78 is 0. The molecule has 1 unspecified atom stereocenters. The maximum absolute atomic E-state index is 11.6. The van der Waals surface area contributed by atoms with E-state index in [-0.39, 0.29) is 11.8 Å². The Morgan fingerprint density at radius 2 is 2.17 bits per heavy atom. The molecular formula is C12H24N4O2. The van der Waals surface area contributed by atoms with Crippen LogP contribution in [0.4, 0.5) is 0 Å². The van der Waals surface area contributed by atoms with E-state index in [1.807, 2.05) is 6.92 Å². The van der Waals surface area contributed by atoms with E-state index in [4.69, 9.17) is 0 Å². The predicted molar refractivity (Wildman–Crippen MR) is 69.7 cm³/mol. The number of carbonyl (C=O) groups excluding carboxylic acids is 2. The summed E-state index contributed by atoms with van der Waals surface area (Å²) in [5.74, 6) is 0.186. The van der Waals surface area contributed by atoms with Gasteiger partial charge in [0.15, 0.2) is 0 Å². The van der Waals surface area contributed by atoms with Crippen molar-refractivity contribution in [1.29, 1.82) is 0 Å². The van der Waals surface area contributed by atoms with Crippen molar-refractivity contribution in [2.75, 3.05) is 32.7 Å². The second-order valence-corrected chi connectivity index (χ2v) is 4.77. The second-order valence-electron chi connectivity index (χ2n) is 4.77. The molecule has 1 aliphatic heterocycles. The summed E-state index contributed by atoms with van der Waals surface area (Å²) in [6, 6.07) is 0. The molecule has 18 heavy (non-hydrogen) atoms. The van der Waals surface area contributed by atoms with E-state index in [9.17, 15) is 9.59 Å². The predicted octanol–water partition coefficient (Wildman–Crippen LogP) is -0.525. The SMILES string of the molecule is CCN(CC(=O)NNC(C)=O)CC1CCCNC1. The summed E-state index contributed by atoms with van der Waals surface area (Å²) in [4.78, 5) is 24.4. The fourth-order valence-electron chi connectivity index (χ4n) is 2.15. The Morgan fingerprint density at radius 1 is 1.39 bits per heavy atom. The van der Waals surface area contributed by atoms with Gasteiger partial charge in [-0.25, -0.2) is 0 Å². The molecule has 0 spiro atoms. The lowest BCUT2D eigenvalue weighted by Gasteiger charge is -2.28. The lowest BCUT2D eigenvalue weighted by atomic mass is 9.99. The minimum Gasteiger partial charge on any atom is -0.316 e. The molecule has 0 radical (unpaired) electrons. The van der Waals surface area contributed by atoms with Gasteiger partial charge in [0.25, 0.3) is 5.91 Å². The lowest BCUT2D eigenvalue weighted by molar-refractivity contribution is -0.128. The van der Waals surface area contributed by atoms with Crippen molar-refractivity contribution < 1.29 is 9.59 Å². The Kier molecular flexibility index (Phi) is 6.67. The topological polar surface area (TPSA) is 73.5 Å². The highest BCUT2D eigenvalue weighted by molar-refractivity contribution is 5.81. The standard InChI is InChI=1S/C12H24N4O2/c1-3-16(8-11-5-4-6-13-7-11)9-12(18)15-14-10(2)17/h11,13H,3-9H2,1-2H3,(H,14,17)(H,15,18). The van der Waals surface area contributed by atoms with Crippen LogP contribution in [0.25, 0.3) is 0 Å². The summed E-state index contributed by atoms with van der Waals surface area (Å²) in [6.07, 6.45) is 2.43. The molecule has 3 N–H and O–H groups in total. The molecule has 0 aromatic rings. The number of piperidine rings is 1. The Labute approximate surface area is 108 Å². The van der Waals surface area contributed by atoms with Crippen molar-refractivity contribution in [3.63, 3.8) is 0 Å². The van der Waals surface area contributed by atoms with Gasteiger partial charge in [0, 0.05) is 13.5 Å². The minimum atomic E-state index is -0.261. The van der Waals surface area contributed by atoms with Crippen LogP contribution in [0.1, 0.15) is 26.7 Å². The number of hydrogen-bond acceptors (Lipinski definition) is 4. The summed E-state index contributed by atoms with van der Waals surface area (Å²) in [5.41, 5.74) is 4.69. The monoisotopic (exact) mass is 256 g/mol. The maximum Gasteiger partial charge on any atom is 0.252 e. The van der Waals surface area contributed by atoms with Crippen LogP contribution in [0.5, 0.6) is 0 Å². The third-order valence-corrected chi connectivity index (χ3v) is 3.11. The first kappa shape index (κ1) is 14.9. The Balaban J connectivity index is 2.27.